The van der Waals surface area contributed by atoms with E-state index in [-0.39, 0.29) is 0 Å². The second-order valence-electron chi connectivity index (χ2n) is 6.88. The Labute approximate surface area is 134 Å². The molecule has 1 aromatic heterocycles. The Morgan fingerprint density at radius 2 is 2.00 bits per heavy atom. The fraction of sp³-hybridized carbons (Fsp3) is 0.706. The zero-order valence-corrected chi connectivity index (χ0v) is 14.5. The van der Waals surface area contributed by atoms with Gasteiger partial charge in [-0.05, 0) is 49.8 Å². The fourth-order valence-electron chi connectivity index (χ4n) is 3.00. The summed E-state index contributed by atoms with van der Waals surface area (Å²) in [5.41, 5.74) is 1.44. The molecule has 0 bridgehead atoms. The molecule has 118 valence electrons. The van der Waals surface area contributed by atoms with Crippen LogP contribution >= 0.6 is 11.6 Å². The van der Waals surface area contributed by atoms with Gasteiger partial charge in [0.25, 0.3) is 0 Å². The van der Waals surface area contributed by atoms with Crippen LogP contribution in [0.5, 0.6) is 0 Å². The van der Waals surface area contributed by atoms with Crippen LogP contribution in [-0.2, 0) is 6.54 Å². The lowest BCUT2D eigenvalue weighted by molar-refractivity contribution is 0.222. The number of nitrogens with zero attached hydrogens (tertiary/aromatic N) is 2. The zero-order chi connectivity index (χ0) is 15.5. The number of anilines is 1. The smallest absolute Gasteiger partial charge is 0.128 e. The lowest BCUT2D eigenvalue weighted by Gasteiger charge is -2.39. The molecule has 1 N–H and O–H groups in total. The first kappa shape index (κ1) is 16.6. The van der Waals surface area contributed by atoms with Crippen LogP contribution in [0.4, 0.5) is 5.82 Å². The lowest BCUT2D eigenvalue weighted by Crippen LogP contribution is -2.37. The highest BCUT2D eigenvalue weighted by Gasteiger charge is 2.29. The van der Waals surface area contributed by atoms with Crippen molar-refractivity contribution < 1.29 is 0 Å². The number of aromatic nitrogens is 1. The largest absolute Gasteiger partial charge is 0.357 e. The van der Waals surface area contributed by atoms with Gasteiger partial charge in [-0.15, -0.1) is 0 Å². The fourth-order valence-corrected chi connectivity index (χ4v) is 3.17. The highest BCUT2D eigenvalue weighted by molar-refractivity contribution is 6.31. The van der Waals surface area contributed by atoms with Gasteiger partial charge >= 0.3 is 0 Å². The predicted molar refractivity (Wildman–Crippen MR) is 91.1 cm³/mol. The first-order chi connectivity index (χ1) is 9.93. The average molecular weight is 310 g/mol. The van der Waals surface area contributed by atoms with Crippen LogP contribution in [0, 0.1) is 5.41 Å². The van der Waals surface area contributed by atoms with E-state index in [1.807, 2.05) is 12.1 Å². The highest BCUT2D eigenvalue weighted by atomic mass is 35.5. The van der Waals surface area contributed by atoms with Crippen LogP contribution < -0.4 is 10.2 Å². The zero-order valence-electron chi connectivity index (χ0n) is 13.7. The molecule has 3 nitrogen and oxygen atoms in total. The standard InChI is InChI=1S/C17H28ClN3/c1-5-19-12-15-14(18)6-7-16(20-15)21(4)13-8-10-17(2,3)11-9-13/h6-7,13,19H,5,8-12H2,1-4H3. The Morgan fingerprint density at radius 3 is 2.62 bits per heavy atom. The first-order valence-electron chi connectivity index (χ1n) is 8.02. The summed E-state index contributed by atoms with van der Waals surface area (Å²) in [6, 6.07) is 4.61. The number of rotatable bonds is 5. The summed E-state index contributed by atoms with van der Waals surface area (Å²) in [6.07, 6.45) is 5.08. The normalized spacial score (nSPS) is 18.7. The molecule has 2 rings (SSSR count). The van der Waals surface area contributed by atoms with Gasteiger partial charge in [-0.2, -0.15) is 0 Å². The molecule has 0 unspecified atom stereocenters. The summed E-state index contributed by atoms with van der Waals surface area (Å²) in [5, 5.41) is 4.04. The molecule has 0 radical (unpaired) electrons. The lowest BCUT2D eigenvalue weighted by atomic mass is 9.75. The summed E-state index contributed by atoms with van der Waals surface area (Å²) < 4.78 is 0. The van der Waals surface area contributed by atoms with Crippen molar-refractivity contribution in [3.8, 4) is 0 Å². The molecule has 4 heteroatoms. The summed E-state index contributed by atoms with van der Waals surface area (Å²) in [5.74, 6) is 1.04. The Hall–Kier alpha value is -0.800. The summed E-state index contributed by atoms with van der Waals surface area (Å²) in [7, 11) is 2.16. The van der Waals surface area contributed by atoms with Crippen LogP contribution in [0.3, 0.4) is 0 Å². The van der Waals surface area contributed by atoms with E-state index in [0.717, 1.165) is 29.6 Å². The molecule has 0 spiro atoms. The van der Waals surface area contributed by atoms with Crippen molar-refractivity contribution in [1.29, 1.82) is 0 Å². The second-order valence-corrected chi connectivity index (χ2v) is 7.29. The molecule has 0 saturated heterocycles. The minimum absolute atomic E-state index is 0.501. The Morgan fingerprint density at radius 1 is 1.33 bits per heavy atom. The van der Waals surface area contributed by atoms with Crippen molar-refractivity contribution in [2.24, 2.45) is 5.41 Å². The molecule has 0 amide bonds. The number of hydrogen-bond acceptors (Lipinski definition) is 3. The predicted octanol–water partition coefficient (Wildman–Crippen LogP) is 4.25. The van der Waals surface area contributed by atoms with Gasteiger partial charge in [0, 0.05) is 19.6 Å². The number of hydrogen-bond donors (Lipinski definition) is 1. The van der Waals surface area contributed by atoms with Gasteiger partial charge in [0.2, 0.25) is 0 Å². The van der Waals surface area contributed by atoms with E-state index in [0.29, 0.717) is 11.5 Å². The topological polar surface area (TPSA) is 28.2 Å². The third-order valence-corrected chi connectivity index (χ3v) is 5.01. The van der Waals surface area contributed by atoms with Gasteiger partial charge in [-0.25, -0.2) is 4.98 Å². The maximum Gasteiger partial charge on any atom is 0.128 e. The maximum absolute atomic E-state index is 6.24. The number of halogens is 1. The van der Waals surface area contributed by atoms with Crippen LogP contribution in [-0.4, -0.2) is 24.6 Å². The second kappa shape index (κ2) is 6.97. The van der Waals surface area contributed by atoms with Crippen molar-refractivity contribution in [3.05, 3.63) is 22.8 Å². The molecule has 0 atom stereocenters. The van der Waals surface area contributed by atoms with Crippen molar-refractivity contribution >= 4 is 17.4 Å². The van der Waals surface area contributed by atoms with Crippen LogP contribution in [0.15, 0.2) is 12.1 Å². The Balaban J connectivity index is 2.07. The molecule has 0 aliphatic heterocycles. The molecule has 1 aromatic rings. The van der Waals surface area contributed by atoms with Gasteiger partial charge < -0.3 is 10.2 Å². The van der Waals surface area contributed by atoms with E-state index in [2.05, 4.69) is 38.0 Å². The van der Waals surface area contributed by atoms with Gasteiger partial charge in [-0.3, -0.25) is 0 Å². The molecule has 1 aliphatic carbocycles. The quantitative estimate of drug-likeness (QED) is 0.881. The third-order valence-electron chi connectivity index (χ3n) is 4.66. The molecule has 21 heavy (non-hydrogen) atoms. The van der Waals surface area contributed by atoms with Crippen molar-refractivity contribution in [1.82, 2.24) is 10.3 Å². The summed E-state index contributed by atoms with van der Waals surface area (Å²) >= 11 is 6.24. The molecule has 1 saturated carbocycles. The maximum atomic E-state index is 6.24. The van der Waals surface area contributed by atoms with Crippen LogP contribution in [0.2, 0.25) is 5.02 Å². The van der Waals surface area contributed by atoms with E-state index in [1.165, 1.54) is 25.7 Å². The molecule has 1 aliphatic rings. The molecular weight excluding hydrogens is 282 g/mol. The van der Waals surface area contributed by atoms with Gasteiger partial charge in [0.15, 0.2) is 0 Å². The molecule has 1 heterocycles. The van der Waals surface area contributed by atoms with Crippen molar-refractivity contribution in [2.75, 3.05) is 18.5 Å². The highest BCUT2D eigenvalue weighted by Crippen LogP contribution is 2.37. The molecule has 0 aromatic carbocycles. The number of pyridine rings is 1. The monoisotopic (exact) mass is 309 g/mol. The summed E-state index contributed by atoms with van der Waals surface area (Å²) in [4.78, 5) is 7.09. The van der Waals surface area contributed by atoms with Crippen LogP contribution in [0.25, 0.3) is 0 Å². The molecule has 1 fully saturated rings. The van der Waals surface area contributed by atoms with Gasteiger partial charge in [-0.1, -0.05) is 32.4 Å². The van der Waals surface area contributed by atoms with E-state index < -0.39 is 0 Å². The van der Waals surface area contributed by atoms with Crippen LogP contribution in [0.1, 0.15) is 52.1 Å². The van der Waals surface area contributed by atoms with E-state index >= 15 is 0 Å². The summed E-state index contributed by atoms with van der Waals surface area (Å²) in [6.45, 7) is 8.49. The van der Waals surface area contributed by atoms with Gasteiger partial charge in [0.1, 0.15) is 5.82 Å². The third kappa shape index (κ3) is 4.33. The number of nitrogens with one attached hydrogen (secondary N) is 1. The van der Waals surface area contributed by atoms with Gasteiger partial charge in [0.05, 0.1) is 10.7 Å². The minimum atomic E-state index is 0.501. The Bertz CT molecular complexity index is 463. The minimum Gasteiger partial charge on any atom is -0.357 e. The van der Waals surface area contributed by atoms with E-state index in [1.54, 1.807) is 0 Å². The Kier molecular flexibility index (Phi) is 5.50. The SMILES string of the molecule is CCNCc1nc(N(C)C2CCC(C)(C)CC2)ccc1Cl. The average Bonchev–Trinajstić information content (AvgIpc) is 2.46. The van der Waals surface area contributed by atoms with E-state index in [9.17, 15) is 0 Å². The van der Waals surface area contributed by atoms with E-state index in [4.69, 9.17) is 16.6 Å². The van der Waals surface area contributed by atoms with Crippen molar-refractivity contribution in [3.63, 3.8) is 0 Å². The molecular formula is C17H28ClN3. The first-order valence-corrected chi connectivity index (χ1v) is 8.40. The van der Waals surface area contributed by atoms with Crippen molar-refractivity contribution in [2.45, 2.75) is 59.0 Å².